The van der Waals surface area contributed by atoms with Crippen molar-refractivity contribution >= 4 is 16.9 Å². The van der Waals surface area contributed by atoms with Crippen molar-refractivity contribution in [2.75, 3.05) is 4.90 Å². The predicted octanol–water partition coefficient (Wildman–Crippen LogP) is 12.3. The molecule has 4 aliphatic carbocycles. The summed E-state index contributed by atoms with van der Waals surface area (Å²) in [6.45, 7) is 0. The van der Waals surface area contributed by atoms with Gasteiger partial charge in [-0.25, -0.2) is 0 Å². The van der Waals surface area contributed by atoms with Crippen molar-refractivity contribution in [3.8, 4) is 22.3 Å². The molecule has 9 rings (SSSR count). The Morgan fingerprint density at radius 2 is 1.06 bits per heavy atom. The van der Waals surface area contributed by atoms with Gasteiger partial charge < -0.3 is 4.90 Å². The maximum Gasteiger partial charge on any atom is 0.0458 e. The van der Waals surface area contributed by atoms with Gasteiger partial charge in [0.25, 0.3) is 0 Å². The summed E-state index contributed by atoms with van der Waals surface area (Å²) >= 11 is 0. The number of benzene rings is 5. The molecular formula is C47H37N. The Balaban J connectivity index is 1.16. The van der Waals surface area contributed by atoms with Crippen LogP contribution < -0.4 is 4.90 Å². The van der Waals surface area contributed by atoms with E-state index >= 15 is 0 Å². The van der Waals surface area contributed by atoms with E-state index in [1.54, 1.807) is 0 Å². The molecule has 2 unspecified atom stereocenters. The number of nitrogens with zero attached hydrogens (tertiary/aromatic N) is 1. The molecule has 230 valence electrons. The summed E-state index contributed by atoms with van der Waals surface area (Å²) < 4.78 is 0. The van der Waals surface area contributed by atoms with E-state index in [0.717, 1.165) is 12.8 Å². The molecule has 0 aromatic heterocycles. The van der Waals surface area contributed by atoms with Crippen LogP contribution in [0.2, 0.25) is 0 Å². The summed E-state index contributed by atoms with van der Waals surface area (Å²) in [5, 5.41) is 0. The van der Waals surface area contributed by atoms with Crippen LogP contribution in [-0.2, 0) is 0 Å². The molecule has 1 saturated carbocycles. The first-order chi connectivity index (χ1) is 23.8. The first-order valence-electron chi connectivity index (χ1n) is 17.2. The molecule has 5 aromatic carbocycles. The normalized spacial score (nSPS) is 20.7. The van der Waals surface area contributed by atoms with Gasteiger partial charge >= 0.3 is 0 Å². The van der Waals surface area contributed by atoms with Crippen molar-refractivity contribution in [3.05, 3.63) is 210 Å². The van der Waals surface area contributed by atoms with E-state index in [0.29, 0.717) is 5.92 Å². The van der Waals surface area contributed by atoms with Crippen LogP contribution >= 0.6 is 0 Å². The van der Waals surface area contributed by atoms with E-state index in [1.807, 2.05) is 0 Å². The lowest BCUT2D eigenvalue weighted by Gasteiger charge is -2.33. The van der Waals surface area contributed by atoms with Crippen LogP contribution in [0.3, 0.4) is 0 Å². The minimum absolute atomic E-state index is 0.199. The average Bonchev–Trinajstić information content (AvgIpc) is 3.91. The van der Waals surface area contributed by atoms with Gasteiger partial charge in [-0.1, -0.05) is 152 Å². The van der Waals surface area contributed by atoms with Crippen molar-refractivity contribution in [2.24, 2.45) is 11.3 Å². The van der Waals surface area contributed by atoms with Gasteiger partial charge in [-0.3, -0.25) is 0 Å². The van der Waals surface area contributed by atoms with Crippen LogP contribution in [0, 0.1) is 11.3 Å². The quantitative estimate of drug-likeness (QED) is 0.176. The molecule has 1 fully saturated rings. The third-order valence-corrected chi connectivity index (χ3v) is 10.6. The van der Waals surface area contributed by atoms with Crippen molar-refractivity contribution < 1.29 is 0 Å². The highest BCUT2D eigenvalue weighted by Gasteiger charge is 2.57. The molecule has 1 spiro atoms. The fourth-order valence-corrected chi connectivity index (χ4v) is 8.04. The number of hydrogen-bond acceptors (Lipinski definition) is 1. The Labute approximate surface area is 283 Å². The minimum Gasteiger partial charge on any atom is -0.314 e. The summed E-state index contributed by atoms with van der Waals surface area (Å²) in [6, 6.07) is 50.5. The highest BCUT2D eigenvalue weighted by molar-refractivity contribution is 5.85. The zero-order chi connectivity index (χ0) is 31.9. The summed E-state index contributed by atoms with van der Waals surface area (Å²) in [5.74, 6) is 0.564. The molecule has 0 aliphatic heterocycles. The second-order valence-corrected chi connectivity index (χ2v) is 13.3. The first-order valence-corrected chi connectivity index (χ1v) is 17.2. The molecule has 0 N–H and O–H groups in total. The molecule has 0 bridgehead atoms. The molecule has 0 saturated heterocycles. The fourth-order valence-electron chi connectivity index (χ4n) is 8.04. The minimum atomic E-state index is 0.199. The van der Waals surface area contributed by atoms with Gasteiger partial charge in [-0.2, -0.15) is 0 Å². The van der Waals surface area contributed by atoms with Gasteiger partial charge in [0.05, 0.1) is 0 Å². The van der Waals surface area contributed by atoms with Crippen LogP contribution in [0.4, 0.5) is 11.4 Å². The van der Waals surface area contributed by atoms with E-state index in [9.17, 15) is 0 Å². The van der Waals surface area contributed by atoms with Crippen LogP contribution in [0.1, 0.15) is 24.8 Å². The Kier molecular flexibility index (Phi) is 7.05. The largest absolute Gasteiger partial charge is 0.314 e. The zero-order valence-electron chi connectivity index (χ0n) is 27.0. The number of allylic oxidation sites excluding steroid dienone is 12. The van der Waals surface area contributed by atoms with Crippen molar-refractivity contribution in [3.63, 3.8) is 0 Å². The molecule has 2 atom stereocenters. The van der Waals surface area contributed by atoms with Crippen molar-refractivity contribution in [1.29, 1.82) is 0 Å². The third kappa shape index (κ3) is 5.04. The molecule has 48 heavy (non-hydrogen) atoms. The lowest BCUT2D eigenvalue weighted by atomic mass is 9.77. The van der Waals surface area contributed by atoms with Gasteiger partial charge in [-0.15, -0.1) is 0 Å². The molecular weight excluding hydrogens is 579 g/mol. The van der Waals surface area contributed by atoms with E-state index in [-0.39, 0.29) is 5.41 Å². The standard InChI is InChI=1S/C47H37N/c1-4-12-34(13-5-1)36-19-24-40(25-20-36)48(41-26-21-37(22-27-41)35-14-6-2-7-15-35)42-28-30-43(45(32-42)38-16-8-3-9-17-38)44-29-23-39-18-10-11-31-47(39)33-46(44)47/h1-27,29,31-32,46H,28,30,33H2. The highest BCUT2D eigenvalue weighted by atomic mass is 15.1. The predicted molar refractivity (Wildman–Crippen MR) is 202 cm³/mol. The number of anilines is 2. The molecule has 0 radical (unpaired) electrons. The van der Waals surface area contributed by atoms with E-state index < -0.39 is 0 Å². The van der Waals surface area contributed by atoms with Crippen LogP contribution in [0.5, 0.6) is 0 Å². The Morgan fingerprint density at radius 3 is 1.65 bits per heavy atom. The van der Waals surface area contributed by atoms with Gasteiger partial charge in [-0.05, 0) is 106 Å². The van der Waals surface area contributed by atoms with Gasteiger partial charge in [0.15, 0.2) is 0 Å². The van der Waals surface area contributed by atoms with Crippen LogP contribution in [0.15, 0.2) is 204 Å². The van der Waals surface area contributed by atoms with E-state index in [2.05, 4.69) is 187 Å². The van der Waals surface area contributed by atoms with E-state index in [1.165, 1.54) is 73.6 Å². The van der Waals surface area contributed by atoms with Gasteiger partial charge in [0.1, 0.15) is 0 Å². The molecule has 4 aliphatic rings. The van der Waals surface area contributed by atoms with Gasteiger partial charge in [0.2, 0.25) is 0 Å². The lowest BCUT2D eigenvalue weighted by molar-refractivity contribution is 0.709. The first kappa shape index (κ1) is 28.6. The summed E-state index contributed by atoms with van der Waals surface area (Å²) in [5.41, 5.74) is 15.9. The number of hydrogen-bond donors (Lipinski definition) is 0. The van der Waals surface area contributed by atoms with Crippen LogP contribution in [0.25, 0.3) is 27.8 Å². The fraction of sp³-hybridized carbons (Fsp3) is 0.106. The Bertz CT molecular complexity index is 2080. The maximum absolute atomic E-state index is 2.48. The zero-order valence-corrected chi connectivity index (χ0v) is 27.0. The summed E-state index contributed by atoms with van der Waals surface area (Å²) in [6.07, 6.45) is 19.7. The monoisotopic (exact) mass is 615 g/mol. The maximum atomic E-state index is 2.48. The smallest absolute Gasteiger partial charge is 0.0458 e. The van der Waals surface area contributed by atoms with Gasteiger partial charge in [0, 0.05) is 22.5 Å². The number of rotatable bonds is 7. The van der Waals surface area contributed by atoms with E-state index in [4.69, 9.17) is 0 Å². The lowest BCUT2D eigenvalue weighted by Crippen LogP contribution is -2.20. The molecule has 0 amide bonds. The Hall–Kier alpha value is -5.66. The summed E-state index contributed by atoms with van der Waals surface area (Å²) in [7, 11) is 0. The van der Waals surface area contributed by atoms with Crippen molar-refractivity contribution in [1.82, 2.24) is 0 Å². The average molecular weight is 616 g/mol. The topological polar surface area (TPSA) is 3.24 Å². The second-order valence-electron chi connectivity index (χ2n) is 13.3. The highest BCUT2D eigenvalue weighted by Crippen LogP contribution is 2.67. The van der Waals surface area contributed by atoms with Crippen molar-refractivity contribution in [2.45, 2.75) is 19.3 Å². The molecule has 5 aromatic rings. The SMILES string of the molecule is C1=CC2=CC=C(C3=C(c4ccccc4)C=C(N(c4ccc(-c5ccccc5)cc4)c4ccc(-c5ccccc5)cc4)CC3)C3CC23C=C1. The molecule has 0 heterocycles. The second kappa shape index (κ2) is 11.9. The Morgan fingerprint density at radius 1 is 0.521 bits per heavy atom. The molecule has 1 heteroatoms. The summed E-state index contributed by atoms with van der Waals surface area (Å²) in [4.78, 5) is 2.48. The van der Waals surface area contributed by atoms with Crippen LogP contribution in [-0.4, -0.2) is 0 Å². The third-order valence-electron chi connectivity index (χ3n) is 10.6. The molecule has 1 nitrogen and oxygen atoms in total.